The molecular weight excluding hydrogens is 476 g/mol. The summed E-state index contributed by atoms with van der Waals surface area (Å²) in [4.78, 5) is 62.2. The smallest absolute Gasteiger partial charge is 0.306 e. The van der Waals surface area contributed by atoms with E-state index in [4.69, 9.17) is 14.6 Å². The Bertz CT molecular complexity index is 958. The molecule has 0 amide bonds. The van der Waals surface area contributed by atoms with Crippen molar-refractivity contribution < 1.29 is 38.6 Å². The predicted molar refractivity (Wildman–Crippen MR) is 133 cm³/mol. The lowest BCUT2D eigenvalue weighted by atomic mass is 9.43. The monoisotopic (exact) mass is 518 g/mol. The van der Waals surface area contributed by atoms with Gasteiger partial charge in [-0.3, -0.25) is 24.0 Å². The first-order valence-corrected chi connectivity index (χ1v) is 14.0. The molecule has 0 radical (unpaired) electrons. The fourth-order valence-corrected chi connectivity index (χ4v) is 8.77. The van der Waals surface area contributed by atoms with E-state index >= 15 is 0 Å². The maximum Gasteiger partial charge on any atom is 0.306 e. The number of ether oxygens (including phenoxy) is 2. The van der Waals surface area contributed by atoms with Gasteiger partial charge in [-0.1, -0.05) is 20.8 Å². The summed E-state index contributed by atoms with van der Waals surface area (Å²) < 4.78 is 10.4. The van der Waals surface area contributed by atoms with E-state index in [1.165, 1.54) is 7.11 Å². The molecule has 37 heavy (non-hydrogen) atoms. The molecule has 0 bridgehead atoms. The van der Waals surface area contributed by atoms with Crippen molar-refractivity contribution in [2.75, 3.05) is 7.11 Å². The summed E-state index contributed by atoms with van der Waals surface area (Å²) >= 11 is 0. The van der Waals surface area contributed by atoms with Gasteiger partial charge in [0.1, 0.15) is 17.7 Å². The molecule has 0 heterocycles. The number of Topliss-reactive ketones (excluding diaryl/α,β-unsaturated/α-hetero) is 2. The van der Waals surface area contributed by atoms with Crippen LogP contribution in [-0.4, -0.2) is 47.8 Å². The van der Waals surface area contributed by atoms with E-state index in [2.05, 4.69) is 20.8 Å². The quantitative estimate of drug-likeness (QED) is 0.470. The number of fused-ring (bicyclic) bond motifs is 5. The van der Waals surface area contributed by atoms with Crippen LogP contribution in [-0.2, 0) is 33.4 Å². The fourth-order valence-electron chi connectivity index (χ4n) is 8.77. The van der Waals surface area contributed by atoms with Gasteiger partial charge in [0.2, 0.25) is 0 Å². The van der Waals surface area contributed by atoms with Crippen LogP contribution in [0.5, 0.6) is 0 Å². The second kappa shape index (κ2) is 10.5. The number of hydrogen-bond donors (Lipinski definition) is 1. The summed E-state index contributed by atoms with van der Waals surface area (Å²) in [5.74, 6) is -0.893. The van der Waals surface area contributed by atoms with Gasteiger partial charge in [0.05, 0.1) is 20.0 Å². The number of carbonyl (C=O) groups excluding carboxylic acids is 4. The molecule has 0 aromatic rings. The van der Waals surface area contributed by atoms with Gasteiger partial charge in [-0.25, -0.2) is 0 Å². The Hall–Kier alpha value is -2.25. The Labute approximate surface area is 219 Å². The highest BCUT2D eigenvalue weighted by Gasteiger charge is 2.66. The molecule has 9 atom stereocenters. The zero-order valence-corrected chi connectivity index (χ0v) is 22.6. The SMILES string of the molecule is COC(=O)CCC(C)C1CCC2C3C(=O)CC4CC(OC(=O)CCC(=O)O)CCC4(C)C3CC(=O)C12C. The molecule has 0 aliphatic heterocycles. The third-order valence-electron chi connectivity index (χ3n) is 10.9. The summed E-state index contributed by atoms with van der Waals surface area (Å²) in [5.41, 5.74) is -0.694. The topological polar surface area (TPSA) is 124 Å². The molecule has 4 aliphatic carbocycles. The van der Waals surface area contributed by atoms with E-state index in [9.17, 15) is 24.0 Å². The van der Waals surface area contributed by atoms with Gasteiger partial charge in [-0.15, -0.1) is 0 Å². The van der Waals surface area contributed by atoms with Gasteiger partial charge < -0.3 is 14.6 Å². The minimum atomic E-state index is -1.03. The van der Waals surface area contributed by atoms with Crippen LogP contribution in [0.25, 0.3) is 0 Å². The van der Waals surface area contributed by atoms with E-state index in [0.29, 0.717) is 38.5 Å². The number of ketones is 2. The summed E-state index contributed by atoms with van der Waals surface area (Å²) in [7, 11) is 1.39. The maximum absolute atomic E-state index is 13.9. The molecule has 0 saturated heterocycles. The number of rotatable bonds is 8. The molecule has 9 unspecified atom stereocenters. The van der Waals surface area contributed by atoms with Crippen molar-refractivity contribution >= 4 is 29.5 Å². The molecule has 8 heteroatoms. The molecule has 0 aromatic carbocycles. The van der Waals surface area contributed by atoms with Crippen LogP contribution in [0.3, 0.4) is 0 Å². The maximum atomic E-state index is 13.9. The van der Waals surface area contributed by atoms with Gasteiger partial charge in [-0.2, -0.15) is 0 Å². The van der Waals surface area contributed by atoms with Crippen LogP contribution in [0.1, 0.15) is 91.4 Å². The number of hydrogen-bond acceptors (Lipinski definition) is 7. The van der Waals surface area contributed by atoms with E-state index in [-0.39, 0.29) is 77.4 Å². The number of carbonyl (C=O) groups is 5. The zero-order valence-electron chi connectivity index (χ0n) is 22.6. The van der Waals surface area contributed by atoms with E-state index in [0.717, 1.165) is 19.3 Å². The average molecular weight is 519 g/mol. The summed E-state index contributed by atoms with van der Waals surface area (Å²) in [6.07, 6.45) is 5.01. The standard InChI is InChI=1S/C29H42O8/c1-16(5-9-25(34)36-4)19-6-7-20-27-21(15-23(31)29(19,20)3)28(2)12-11-18(13-17(28)14-22(27)30)37-26(35)10-8-24(32)33/h16-21,27H,5-15H2,1-4H3,(H,32,33). The van der Waals surface area contributed by atoms with Crippen LogP contribution < -0.4 is 0 Å². The molecule has 0 aromatic heterocycles. The Balaban J connectivity index is 1.48. The van der Waals surface area contributed by atoms with Crippen molar-refractivity contribution in [3.8, 4) is 0 Å². The molecular formula is C29H42O8. The van der Waals surface area contributed by atoms with E-state index in [1.807, 2.05) is 0 Å². The van der Waals surface area contributed by atoms with Gasteiger partial charge in [0.25, 0.3) is 0 Å². The Morgan fingerprint density at radius 1 is 1.00 bits per heavy atom. The van der Waals surface area contributed by atoms with E-state index in [1.54, 1.807) is 0 Å². The van der Waals surface area contributed by atoms with Crippen molar-refractivity contribution in [1.82, 2.24) is 0 Å². The first kappa shape index (κ1) is 27.8. The van der Waals surface area contributed by atoms with Crippen molar-refractivity contribution in [1.29, 1.82) is 0 Å². The first-order chi connectivity index (χ1) is 17.4. The molecule has 0 spiro atoms. The van der Waals surface area contributed by atoms with Gasteiger partial charge in [0, 0.05) is 30.6 Å². The van der Waals surface area contributed by atoms with Gasteiger partial charge in [0.15, 0.2) is 0 Å². The van der Waals surface area contributed by atoms with Crippen LogP contribution in [0, 0.1) is 46.3 Å². The Kier molecular flexibility index (Phi) is 7.87. The minimum absolute atomic E-state index is 0.0112. The molecule has 8 nitrogen and oxygen atoms in total. The Morgan fingerprint density at radius 3 is 2.41 bits per heavy atom. The molecule has 4 fully saturated rings. The van der Waals surface area contributed by atoms with Crippen molar-refractivity contribution in [3.63, 3.8) is 0 Å². The minimum Gasteiger partial charge on any atom is -0.481 e. The highest BCUT2D eigenvalue weighted by Crippen LogP contribution is 2.66. The van der Waals surface area contributed by atoms with Crippen LogP contribution in [0.2, 0.25) is 0 Å². The third-order valence-corrected chi connectivity index (χ3v) is 10.9. The zero-order chi connectivity index (χ0) is 27.1. The Morgan fingerprint density at radius 2 is 1.73 bits per heavy atom. The van der Waals surface area contributed by atoms with Gasteiger partial charge >= 0.3 is 17.9 Å². The molecule has 4 saturated carbocycles. The lowest BCUT2D eigenvalue weighted by Crippen LogP contribution is -2.60. The van der Waals surface area contributed by atoms with Crippen molar-refractivity contribution in [2.45, 2.75) is 97.5 Å². The highest BCUT2D eigenvalue weighted by molar-refractivity contribution is 5.92. The fraction of sp³-hybridized carbons (Fsp3) is 0.828. The van der Waals surface area contributed by atoms with E-state index < -0.39 is 17.4 Å². The summed E-state index contributed by atoms with van der Waals surface area (Å²) in [5, 5.41) is 8.81. The third kappa shape index (κ3) is 4.97. The van der Waals surface area contributed by atoms with Crippen LogP contribution in [0.4, 0.5) is 0 Å². The number of esters is 2. The van der Waals surface area contributed by atoms with Crippen LogP contribution >= 0.6 is 0 Å². The van der Waals surface area contributed by atoms with Crippen molar-refractivity contribution in [2.24, 2.45) is 46.3 Å². The van der Waals surface area contributed by atoms with Gasteiger partial charge in [-0.05, 0) is 73.5 Å². The van der Waals surface area contributed by atoms with Crippen molar-refractivity contribution in [3.05, 3.63) is 0 Å². The van der Waals surface area contributed by atoms with Crippen LogP contribution in [0.15, 0.2) is 0 Å². The normalized spacial score (nSPS) is 39.7. The highest BCUT2D eigenvalue weighted by atomic mass is 16.5. The average Bonchev–Trinajstić information content (AvgIpc) is 3.21. The number of aliphatic carboxylic acids is 1. The number of carboxylic acid groups (broad SMARTS) is 1. The summed E-state index contributed by atoms with van der Waals surface area (Å²) in [6.45, 7) is 6.43. The number of carboxylic acids is 1. The largest absolute Gasteiger partial charge is 0.481 e. The lowest BCUT2D eigenvalue weighted by Gasteiger charge is -2.59. The molecule has 206 valence electrons. The predicted octanol–water partition coefficient (Wildman–Crippen LogP) is 4.37. The number of methoxy groups -OCH3 is 1. The molecule has 4 aliphatic rings. The second-order valence-corrected chi connectivity index (χ2v) is 12.6. The summed E-state index contributed by atoms with van der Waals surface area (Å²) in [6, 6.07) is 0. The molecule has 4 rings (SSSR count). The first-order valence-electron chi connectivity index (χ1n) is 14.0. The second-order valence-electron chi connectivity index (χ2n) is 12.6. The molecule has 1 N–H and O–H groups in total. The lowest BCUT2D eigenvalue weighted by molar-refractivity contribution is -0.173.